The zero-order valence-electron chi connectivity index (χ0n) is 36.6. The van der Waals surface area contributed by atoms with Gasteiger partial charge in [0.2, 0.25) is 5.79 Å². The molecule has 2 N–H and O–H groups in total. The summed E-state index contributed by atoms with van der Waals surface area (Å²) < 4.78 is 11.4. The molecule has 0 aromatic heterocycles. The topological polar surface area (TPSA) is 148 Å². The number of hydrogen-bond donors (Lipinski definition) is 2. The second-order valence-corrected chi connectivity index (χ2v) is 17.7. The number of Topliss-reactive ketones (excluding diaryl/α,β-unsaturated/α-hetero) is 3. The summed E-state index contributed by atoms with van der Waals surface area (Å²) >= 11 is 0. The Bertz CT molecular complexity index is 1480. The van der Waals surface area contributed by atoms with Crippen molar-refractivity contribution in [2.24, 2.45) is 23.7 Å². The molecule has 10 heteroatoms. The molecule has 1 aliphatic carbocycles. The fourth-order valence-electron chi connectivity index (χ4n) is 8.92. The third-order valence-electron chi connectivity index (χ3n) is 12.8. The monoisotopic (exact) mass is 810 g/mol. The average Bonchev–Trinajstić information content (AvgIpc) is 3.21. The van der Waals surface area contributed by atoms with E-state index in [1.165, 1.54) is 38.5 Å². The number of ether oxygens (including phenoxy) is 2. The second kappa shape index (κ2) is 25.4. The molecule has 4 unspecified atom stereocenters. The maximum atomic E-state index is 13.3. The van der Waals surface area contributed by atoms with E-state index in [9.17, 15) is 34.2 Å². The molecule has 1 saturated carbocycles. The van der Waals surface area contributed by atoms with Crippen molar-refractivity contribution in [2.75, 3.05) is 13.7 Å². The molecule has 3 rings (SSSR count). The summed E-state index contributed by atoms with van der Waals surface area (Å²) in [7, 11) is 1.57. The van der Waals surface area contributed by atoms with Gasteiger partial charge in [-0.15, -0.1) is 0 Å². The van der Waals surface area contributed by atoms with Crippen molar-refractivity contribution in [1.82, 2.24) is 4.90 Å². The Morgan fingerprint density at radius 1 is 0.931 bits per heavy atom. The quantitative estimate of drug-likeness (QED) is 0.0421. The first-order valence-corrected chi connectivity index (χ1v) is 22.4. The van der Waals surface area contributed by atoms with E-state index in [1.807, 2.05) is 50.3 Å². The van der Waals surface area contributed by atoms with E-state index < -0.39 is 47.6 Å². The molecule has 2 aliphatic heterocycles. The third kappa shape index (κ3) is 16.1. The molecular weight excluding hydrogens is 735 g/mol. The van der Waals surface area contributed by atoms with E-state index in [-0.39, 0.29) is 24.5 Å². The van der Waals surface area contributed by atoms with Crippen LogP contribution in [0.3, 0.4) is 0 Å². The summed E-state index contributed by atoms with van der Waals surface area (Å²) in [5, 5.41) is 20.9. The fraction of sp³-hybridized carbons (Fsp3) is 0.729. The average molecular weight is 810 g/mol. The molecule has 0 spiro atoms. The minimum Gasteiger partial charge on any atom is -0.480 e. The number of allylic oxidation sites excluding steroid dienone is 7. The van der Waals surface area contributed by atoms with Crippen LogP contribution < -0.4 is 0 Å². The van der Waals surface area contributed by atoms with E-state index in [4.69, 9.17) is 9.47 Å². The van der Waals surface area contributed by atoms with Gasteiger partial charge in [0.25, 0.3) is 11.7 Å². The van der Waals surface area contributed by atoms with Gasteiger partial charge in [0.05, 0.1) is 6.10 Å². The number of rotatable bonds is 24. The third-order valence-corrected chi connectivity index (χ3v) is 12.8. The molecule has 10 nitrogen and oxygen atoms in total. The lowest BCUT2D eigenvalue weighted by molar-refractivity contribution is -0.263. The van der Waals surface area contributed by atoms with Crippen LogP contribution in [-0.4, -0.2) is 82.0 Å². The highest BCUT2D eigenvalue weighted by atomic mass is 16.6. The van der Waals surface area contributed by atoms with Crippen LogP contribution >= 0.6 is 0 Å². The van der Waals surface area contributed by atoms with Gasteiger partial charge >= 0.3 is 5.97 Å². The first-order chi connectivity index (χ1) is 27.7. The van der Waals surface area contributed by atoms with Crippen LogP contribution in [0.5, 0.6) is 0 Å². The van der Waals surface area contributed by atoms with Crippen molar-refractivity contribution in [3.05, 3.63) is 47.6 Å². The van der Waals surface area contributed by atoms with Gasteiger partial charge in [-0.2, -0.15) is 0 Å². The van der Waals surface area contributed by atoms with Crippen LogP contribution in [0.1, 0.15) is 163 Å². The summed E-state index contributed by atoms with van der Waals surface area (Å²) in [6.45, 7) is 10.4. The van der Waals surface area contributed by atoms with E-state index >= 15 is 0 Å². The van der Waals surface area contributed by atoms with Crippen molar-refractivity contribution in [2.45, 2.75) is 187 Å². The van der Waals surface area contributed by atoms with Crippen LogP contribution in [0.15, 0.2) is 47.6 Å². The van der Waals surface area contributed by atoms with Gasteiger partial charge < -0.3 is 24.6 Å². The van der Waals surface area contributed by atoms with Crippen molar-refractivity contribution in [3.63, 3.8) is 0 Å². The second-order valence-electron chi connectivity index (χ2n) is 17.7. The standard InChI is InChI=1S/C48H75NO9/c1-7-38-18-16-19-39(33-38)31-35(3)22-26-40(50)27-23-36(4)32-44(57-6)43(51)21-13-11-9-8-10-12-17-34(2)24-28-41-29-25-37(5)48(56,58-41)45(52)46(53)49-30-15-14-20-42(49)47(54)55/h8-10,12,17,23,35,37-39,41-42,44,56H,7,11,13-16,18-22,24-33H2,1-6H3,(H,54,55)/b9-8+,12-10+,34-17+,36-23+/t35-,37+,38-,39?,41?,42?,44+,48?/m0/s1. The Labute approximate surface area is 348 Å². The minimum atomic E-state index is -2.28. The van der Waals surface area contributed by atoms with Crippen molar-refractivity contribution >= 4 is 29.2 Å². The van der Waals surface area contributed by atoms with Crippen LogP contribution in [0.2, 0.25) is 0 Å². The molecule has 58 heavy (non-hydrogen) atoms. The van der Waals surface area contributed by atoms with Gasteiger partial charge in [0.1, 0.15) is 17.9 Å². The number of methoxy groups -OCH3 is 1. The van der Waals surface area contributed by atoms with Gasteiger partial charge in [-0.05, 0) is 109 Å². The summed E-state index contributed by atoms with van der Waals surface area (Å²) in [6, 6.07) is -1.07. The van der Waals surface area contributed by atoms with E-state index in [1.54, 1.807) is 14.0 Å². The molecule has 2 heterocycles. The van der Waals surface area contributed by atoms with E-state index in [0.717, 1.165) is 47.1 Å². The number of aliphatic hydroxyl groups is 1. The van der Waals surface area contributed by atoms with Crippen molar-refractivity contribution in [3.8, 4) is 0 Å². The number of carbonyl (C=O) groups excluding carboxylic acids is 4. The molecule has 0 radical (unpaired) electrons. The van der Waals surface area contributed by atoms with Crippen molar-refractivity contribution < 1.29 is 43.7 Å². The number of nitrogens with zero attached hydrogens (tertiary/aromatic N) is 1. The first kappa shape index (κ1) is 49.2. The SMILES string of the molecule is CC[C@H]1CCCC(C[C@@H](C)CCC(=O)C/C=C(\C)C[C@@H](OC)C(=O)CCC/C=C/C=C/C=C(\C)CCC2CC[C@@H](C)C(O)(C(=O)C(=O)N3CCCCC3C(=O)O)O2)C1. The number of carboxylic acid groups (broad SMARTS) is 1. The Morgan fingerprint density at radius 2 is 1.69 bits per heavy atom. The maximum absolute atomic E-state index is 13.3. The number of likely N-dealkylation sites (tertiary alicyclic amines) is 1. The molecule has 326 valence electrons. The molecule has 3 aliphatic rings. The van der Waals surface area contributed by atoms with Crippen LogP contribution in [-0.2, 0) is 33.4 Å². The van der Waals surface area contributed by atoms with Crippen LogP contribution in [0.25, 0.3) is 0 Å². The lowest BCUT2D eigenvalue weighted by atomic mass is 9.76. The molecule has 1 amide bonds. The number of hydrogen-bond acceptors (Lipinski definition) is 8. The molecule has 0 aromatic rings. The van der Waals surface area contributed by atoms with Crippen LogP contribution in [0, 0.1) is 23.7 Å². The number of amides is 1. The summed E-state index contributed by atoms with van der Waals surface area (Å²) in [6.07, 6.45) is 27.2. The van der Waals surface area contributed by atoms with Crippen molar-refractivity contribution in [1.29, 1.82) is 0 Å². The number of carbonyl (C=O) groups is 5. The normalized spacial score (nSPS) is 27.2. The molecule has 2 saturated heterocycles. The van der Waals surface area contributed by atoms with Gasteiger partial charge in [0, 0.05) is 45.3 Å². The van der Waals surface area contributed by atoms with Gasteiger partial charge in [-0.1, -0.05) is 94.1 Å². The Balaban J connectivity index is 1.32. The zero-order valence-corrected chi connectivity index (χ0v) is 36.6. The summed E-state index contributed by atoms with van der Waals surface area (Å²) in [5.74, 6) is -3.46. The van der Waals surface area contributed by atoms with Gasteiger partial charge in [-0.3, -0.25) is 19.2 Å². The molecule has 8 atom stereocenters. The van der Waals surface area contributed by atoms with Crippen LogP contribution in [0.4, 0.5) is 0 Å². The Hall–Kier alpha value is -3.21. The summed E-state index contributed by atoms with van der Waals surface area (Å²) in [5.41, 5.74) is 2.10. The molecule has 3 fully saturated rings. The lowest BCUT2D eigenvalue weighted by Gasteiger charge is -2.42. The maximum Gasteiger partial charge on any atom is 0.326 e. The molecule has 0 aromatic carbocycles. The highest BCUT2D eigenvalue weighted by Gasteiger charge is 2.52. The highest BCUT2D eigenvalue weighted by molar-refractivity contribution is 6.39. The fourth-order valence-corrected chi connectivity index (χ4v) is 8.92. The lowest BCUT2D eigenvalue weighted by Crippen LogP contribution is -2.60. The number of unbranched alkanes of at least 4 members (excludes halogenated alkanes) is 1. The highest BCUT2D eigenvalue weighted by Crippen LogP contribution is 2.37. The predicted octanol–water partition coefficient (Wildman–Crippen LogP) is 9.44. The smallest absolute Gasteiger partial charge is 0.326 e. The largest absolute Gasteiger partial charge is 0.480 e. The Kier molecular flexibility index (Phi) is 21.5. The number of piperidine rings is 1. The predicted molar refractivity (Wildman–Crippen MR) is 228 cm³/mol. The number of ketones is 3. The van der Waals surface area contributed by atoms with E-state index in [0.29, 0.717) is 70.1 Å². The summed E-state index contributed by atoms with van der Waals surface area (Å²) in [4.78, 5) is 64.7. The molecule has 0 bridgehead atoms. The van der Waals surface area contributed by atoms with E-state index in [2.05, 4.69) is 13.8 Å². The Morgan fingerprint density at radius 3 is 2.41 bits per heavy atom. The number of carboxylic acids is 1. The van der Waals surface area contributed by atoms with Gasteiger partial charge in [0.15, 0.2) is 5.78 Å². The molecular formula is C48H75NO9. The van der Waals surface area contributed by atoms with Gasteiger partial charge in [-0.25, -0.2) is 4.79 Å². The minimum absolute atomic E-state index is 0.0746. The number of aliphatic carboxylic acids is 1. The first-order valence-electron chi connectivity index (χ1n) is 22.4. The zero-order chi connectivity index (χ0) is 42.7.